The van der Waals surface area contributed by atoms with E-state index in [4.69, 9.17) is 22.1 Å². The Hall–Kier alpha value is -2.86. The molecule has 0 fully saturated rings. The van der Waals surface area contributed by atoms with Crippen molar-refractivity contribution in [1.82, 2.24) is 0 Å². The SMILES string of the molecule is NC(=O)COc1cccc(NC(=O)/C=C/c2ccc(F)c(Cl)c2)c1. The average molecular weight is 349 g/mol. The van der Waals surface area contributed by atoms with Crippen LogP contribution in [0.1, 0.15) is 5.56 Å². The Morgan fingerprint density at radius 1 is 1.25 bits per heavy atom. The molecule has 0 aliphatic heterocycles. The summed E-state index contributed by atoms with van der Waals surface area (Å²) in [6.45, 7) is -0.247. The largest absolute Gasteiger partial charge is 0.484 e. The Bertz CT molecular complexity index is 793. The van der Waals surface area contributed by atoms with Gasteiger partial charge in [0.15, 0.2) is 6.61 Å². The van der Waals surface area contributed by atoms with Gasteiger partial charge in [-0.15, -0.1) is 0 Å². The Morgan fingerprint density at radius 3 is 2.75 bits per heavy atom. The van der Waals surface area contributed by atoms with Crippen molar-refractivity contribution in [3.05, 3.63) is 64.9 Å². The van der Waals surface area contributed by atoms with Crippen LogP contribution in [0.4, 0.5) is 10.1 Å². The van der Waals surface area contributed by atoms with Crippen LogP contribution in [0.3, 0.4) is 0 Å². The highest BCUT2D eigenvalue weighted by Gasteiger charge is 2.03. The fraction of sp³-hybridized carbons (Fsp3) is 0.0588. The van der Waals surface area contributed by atoms with E-state index < -0.39 is 11.7 Å². The van der Waals surface area contributed by atoms with Gasteiger partial charge >= 0.3 is 0 Å². The Labute approximate surface area is 142 Å². The zero-order valence-corrected chi connectivity index (χ0v) is 13.2. The predicted molar refractivity (Wildman–Crippen MR) is 90.2 cm³/mol. The first-order valence-corrected chi connectivity index (χ1v) is 7.27. The van der Waals surface area contributed by atoms with Crippen LogP contribution in [0, 0.1) is 5.82 Å². The van der Waals surface area contributed by atoms with Crippen LogP contribution in [-0.2, 0) is 9.59 Å². The standard InChI is InChI=1S/C17H14ClFN2O3/c18-14-8-11(4-6-15(14)19)5-7-17(23)21-12-2-1-3-13(9-12)24-10-16(20)22/h1-9H,10H2,(H2,20,22)(H,21,23)/b7-5+. The van der Waals surface area contributed by atoms with Gasteiger partial charge in [-0.1, -0.05) is 23.7 Å². The lowest BCUT2D eigenvalue weighted by molar-refractivity contribution is -0.120. The van der Waals surface area contributed by atoms with Gasteiger partial charge in [0.2, 0.25) is 5.91 Å². The predicted octanol–water partition coefficient (Wildman–Crippen LogP) is 3.00. The summed E-state index contributed by atoms with van der Waals surface area (Å²) in [5.41, 5.74) is 6.08. The third-order valence-corrected chi connectivity index (χ3v) is 3.14. The fourth-order valence-electron chi connectivity index (χ4n) is 1.79. The number of hydrogen-bond acceptors (Lipinski definition) is 3. The van der Waals surface area contributed by atoms with E-state index >= 15 is 0 Å². The zero-order chi connectivity index (χ0) is 17.5. The van der Waals surface area contributed by atoms with Crippen molar-refractivity contribution in [2.24, 2.45) is 5.73 Å². The number of nitrogens with two attached hydrogens (primary N) is 1. The molecule has 0 heterocycles. The smallest absolute Gasteiger partial charge is 0.255 e. The van der Waals surface area contributed by atoms with E-state index in [1.165, 1.54) is 30.4 Å². The number of anilines is 1. The van der Waals surface area contributed by atoms with Crippen LogP contribution in [-0.4, -0.2) is 18.4 Å². The highest BCUT2D eigenvalue weighted by atomic mass is 35.5. The second-order valence-corrected chi connectivity index (χ2v) is 5.19. The molecule has 0 saturated carbocycles. The van der Waals surface area contributed by atoms with Crippen molar-refractivity contribution >= 4 is 35.2 Å². The van der Waals surface area contributed by atoms with Crippen LogP contribution in [0.15, 0.2) is 48.5 Å². The summed E-state index contributed by atoms with van der Waals surface area (Å²) >= 11 is 5.67. The molecule has 0 bridgehead atoms. The molecule has 2 rings (SSSR count). The molecule has 0 radical (unpaired) electrons. The Balaban J connectivity index is 1.98. The van der Waals surface area contributed by atoms with Crippen molar-refractivity contribution in [2.75, 3.05) is 11.9 Å². The minimum Gasteiger partial charge on any atom is -0.484 e. The van der Waals surface area contributed by atoms with Crippen LogP contribution in [0.5, 0.6) is 5.75 Å². The molecular weight excluding hydrogens is 335 g/mol. The number of benzene rings is 2. The lowest BCUT2D eigenvalue weighted by Gasteiger charge is -2.06. The highest BCUT2D eigenvalue weighted by molar-refractivity contribution is 6.30. The lowest BCUT2D eigenvalue weighted by atomic mass is 10.2. The van der Waals surface area contributed by atoms with Crippen molar-refractivity contribution in [3.63, 3.8) is 0 Å². The van der Waals surface area contributed by atoms with E-state index in [1.54, 1.807) is 24.3 Å². The molecule has 0 aliphatic carbocycles. The third kappa shape index (κ3) is 5.40. The van der Waals surface area contributed by atoms with Crippen molar-refractivity contribution in [1.29, 1.82) is 0 Å². The second kappa shape index (κ2) is 8.12. The molecule has 0 atom stereocenters. The van der Waals surface area contributed by atoms with E-state index in [1.807, 2.05) is 0 Å². The first kappa shape index (κ1) is 17.5. The van der Waals surface area contributed by atoms with Crippen molar-refractivity contribution < 1.29 is 18.7 Å². The van der Waals surface area contributed by atoms with Crippen LogP contribution < -0.4 is 15.8 Å². The molecule has 2 aromatic carbocycles. The first-order chi connectivity index (χ1) is 11.4. The van der Waals surface area contributed by atoms with Crippen molar-refractivity contribution in [2.45, 2.75) is 0 Å². The van der Waals surface area contributed by atoms with E-state index in [-0.39, 0.29) is 17.5 Å². The monoisotopic (exact) mass is 348 g/mol. The molecule has 7 heteroatoms. The van der Waals surface area contributed by atoms with Gasteiger partial charge in [0, 0.05) is 17.8 Å². The van der Waals surface area contributed by atoms with Gasteiger partial charge in [-0.25, -0.2) is 4.39 Å². The van der Waals surface area contributed by atoms with E-state index in [0.29, 0.717) is 17.0 Å². The fourth-order valence-corrected chi connectivity index (χ4v) is 1.98. The minimum atomic E-state index is -0.592. The molecule has 5 nitrogen and oxygen atoms in total. The molecule has 0 aliphatic rings. The highest BCUT2D eigenvalue weighted by Crippen LogP contribution is 2.18. The van der Waals surface area contributed by atoms with Gasteiger partial charge in [0.1, 0.15) is 11.6 Å². The number of ether oxygens (including phenoxy) is 1. The molecule has 0 saturated heterocycles. The van der Waals surface area contributed by atoms with E-state index in [9.17, 15) is 14.0 Å². The van der Waals surface area contributed by atoms with E-state index in [0.717, 1.165) is 0 Å². The number of carbonyl (C=O) groups is 2. The summed E-state index contributed by atoms with van der Waals surface area (Å²) in [4.78, 5) is 22.6. The summed E-state index contributed by atoms with van der Waals surface area (Å²) in [5, 5.41) is 2.62. The molecule has 0 aromatic heterocycles. The maximum atomic E-state index is 13.1. The van der Waals surface area contributed by atoms with Gasteiger partial charge < -0.3 is 15.8 Å². The second-order valence-electron chi connectivity index (χ2n) is 4.78. The number of amides is 2. The van der Waals surface area contributed by atoms with Crippen LogP contribution >= 0.6 is 11.6 Å². The molecule has 2 amide bonds. The summed E-state index contributed by atoms with van der Waals surface area (Å²) in [6.07, 6.45) is 2.80. The van der Waals surface area contributed by atoms with Gasteiger partial charge in [-0.2, -0.15) is 0 Å². The maximum Gasteiger partial charge on any atom is 0.255 e. The summed E-state index contributed by atoms with van der Waals surface area (Å²) < 4.78 is 18.2. The summed E-state index contributed by atoms with van der Waals surface area (Å²) in [6, 6.07) is 10.7. The number of rotatable bonds is 6. The topological polar surface area (TPSA) is 81.4 Å². The lowest BCUT2D eigenvalue weighted by Crippen LogP contribution is -2.20. The zero-order valence-electron chi connectivity index (χ0n) is 12.5. The Kier molecular flexibility index (Phi) is 5.92. The minimum absolute atomic E-state index is 0.0168. The third-order valence-electron chi connectivity index (χ3n) is 2.85. The van der Waals surface area contributed by atoms with E-state index in [2.05, 4.69) is 5.32 Å². The van der Waals surface area contributed by atoms with Crippen LogP contribution in [0.25, 0.3) is 6.08 Å². The summed E-state index contributed by atoms with van der Waals surface area (Å²) in [7, 11) is 0. The quantitative estimate of drug-likeness (QED) is 0.787. The number of nitrogens with one attached hydrogen (secondary N) is 1. The van der Waals surface area contributed by atoms with Crippen LogP contribution in [0.2, 0.25) is 5.02 Å². The van der Waals surface area contributed by atoms with Gasteiger partial charge in [0.05, 0.1) is 5.02 Å². The number of carbonyl (C=O) groups excluding carboxylic acids is 2. The summed E-state index contributed by atoms with van der Waals surface area (Å²) in [5.74, 6) is -1.10. The first-order valence-electron chi connectivity index (χ1n) is 6.89. The molecule has 3 N–H and O–H groups in total. The maximum absolute atomic E-state index is 13.1. The number of primary amides is 1. The molecule has 0 spiro atoms. The number of hydrogen-bond donors (Lipinski definition) is 2. The molecule has 24 heavy (non-hydrogen) atoms. The normalized spacial score (nSPS) is 10.6. The molecular formula is C17H14ClFN2O3. The van der Waals surface area contributed by atoms with Crippen molar-refractivity contribution in [3.8, 4) is 5.75 Å². The molecule has 0 unspecified atom stereocenters. The molecule has 124 valence electrons. The van der Waals surface area contributed by atoms with Gasteiger partial charge in [0.25, 0.3) is 5.91 Å². The average Bonchev–Trinajstić information content (AvgIpc) is 2.54. The van der Waals surface area contributed by atoms with Gasteiger partial charge in [-0.3, -0.25) is 9.59 Å². The Morgan fingerprint density at radius 2 is 2.04 bits per heavy atom. The number of halogens is 2. The van der Waals surface area contributed by atoms with Gasteiger partial charge in [-0.05, 0) is 35.9 Å². The molecule has 2 aromatic rings.